The van der Waals surface area contributed by atoms with E-state index in [0.717, 1.165) is 12.1 Å². The van der Waals surface area contributed by atoms with Gasteiger partial charge in [-0.05, 0) is 36.2 Å². The van der Waals surface area contributed by atoms with Gasteiger partial charge in [-0.1, -0.05) is 24.3 Å². The van der Waals surface area contributed by atoms with Gasteiger partial charge in [0.2, 0.25) is 0 Å². The van der Waals surface area contributed by atoms with Gasteiger partial charge in [0.1, 0.15) is 5.76 Å². The second-order valence-corrected chi connectivity index (χ2v) is 4.83. The molecule has 6 nitrogen and oxygen atoms in total. The molecule has 0 bridgehead atoms. The number of hydrogen-bond acceptors (Lipinski definition) is 4. The summed E-state index contributed by atoms with van der Waals surface area (Å²) in [7, 11) is 0. The zero-order chi connectivity index (χ0) is 15.4. The Morgan fingerprint density at radius 2 is 2.09 bits per heavy atom. The van der Waals surface area contributed by atoms with Crippen LogP contribution in [0, 0.1) is 0 Å². The molecule has 3 rings (SSSR count). The standard InChI is InChI=1S/C16H16N4O2/c1-2-12-5-7-13(8-6-12)20-11-15(18-19-20)16(21)17-10-14-4-3-9-22-14/h3-9,11H,2,10H2,1H3,(H,17,21). The van der Waals surface area contributed by atoms with Gasteiger partial charge in [-0.3, -0.25) is 4.79 Å². The molecule has 0 aliphatic rings. The minimum atomic E-state index is -0.284. The van der Waals surface area contributed by atoms with Gasteiger partial charge >= 0.3 is 0 Å². The number of hydrogen-bond donors (Lipinski definition) is 1. The van der Waals surface area contributed by atoms with Crippen LogP contribution in [0.25, 0.3) is 5.69 Å². The normalized spacial score (nSPS) is 10.6. The molecule has 3 aromatic rings. The van der Waals surface area contributed by atoms with Gasteiger partial charge in [-0.25, -0.2) is 4.68 Å². The number of furan rings is 1. The molecule has 0 radical (unpaired) electrons. The van der Waals surface area contributed by atoms with Crippen molar-refractivity contribution in [1.29, 1.82) is 0 Å². The highest BCUT2D eigenvalue weighted by atomic mass is 16.3. The zero-order valence-corrected chi connectivity index (χ0v) is 12.2. The van der Waals surface area contributed by atoms with Crippen molar-refractivity contribution in [2.24, 2.45) is 0 Å². The van der Waals surface area contributed by atoms with E-state index in [1.165, 1.54) is 5.56 Å². The van der Waals surface area contributed by atoms with Gasteiger partial charge in [0.05, 0.1) is 24.7 Å². The first kappa shape index (κ1) is 14.1. The van der Waals surface area contributed by atoms with E-state index in [-0.39, 0.29) is 11.6 Å². The molecule has 0 atom stereocenters. The number of amides is 1. The van der Waals surface area contributed by atoms with E-state index in [2.05, 4.69) is 22.6 Å². The lowest BCUT2D eigenvalue weighted by atomic mass is 10.1. The molecule has 112 valence electrons. The van der Waals surface area contributed by atoms with Crippen molar-refractivity contribution in [3.63, 3.8) is 0 Å². The Kier molecular flexibility index (Phi) is 4.00. The van der Waals surface area contributed by atoms with E-state index in [4.69, 9.17) is 4.42 Å². The van der Waals surface area contributed by atoms with E-state index in [0.29, 0.717) is 12.3 Å². The summed E-state index contributed by atoms with van der Waals surface area (Å²) < 4.78 is 6.74. The molecule has 0 saturated carbocycles. The molecule has 1 amide bonds. The van der Waals surface area contributed by atoms with E-state index in [1.54, 1.807) is 29.3 Å². The minimum Gasteiger partial charge on any atom is -0.467 e. The van der Waals surface area contributed by atoms with Gasteiger partial charge in [0.25, 0.3) is 5.91 Å². The molecule has 0 spiro atoms. The highest BCUT2D eigenvalue weighted by Crippen LogP contribution is 2.09. The van der Waals surface area contributed by atoms with Crippen LogP contribution >= 0.6 is 0 Å². The molecule has 0 aliphatic heterocycles. The summed E-state index contributed by atoms with van der Waals surface area (Å²) in [5.74, 6) is 0.406. The Morgan fingerprint density at radius 1 is 1.27 bits per heavy atom. The minimum absolute atomic E-state index is 0.270. The monoisotopic (exact) mass is 296 g/mol. The highest BCUT2D eigenvalue weighted by Gasteiger charge is 2.11. The SMILES string of the molecule is CCc1ccc(-n2cc(C(=O)NCc3ccco3)nn2)cc1. The summed E-state index contributed by atoms with van der Waals surface area (Å²) in [6.45, 7) is 2.43. The zero-order valence-electron chi connectivity index (χ0n) is 12.2. The molecule has 0 unspecified atom stereocenters. The van der Waals surface area contributed by atoms with Gasteiger partial charge in [0, 0.05) is 0 Å². The predicted octanol–water partition coefficient (Wildman–Crippen LogP) is 2.35. The first-order chi connectivity index (χ1) is 10.8. The van der Waals surface area contributed by atoms with Crippen molar-refractivity contribution < 1.29 is 9.21 Å². The fourth-order valence-corrected chi connectivity index (χ4v) is 2.05. The van der Waals surface area contributed by atoms with Crippen LogP contribution in [0.3, 0.4) is 0 Å². The summed E-state index contributed by atoms with van der Waals surface area (Å²) in [5.41, 5.74) is 2.39. The fraction of sp³-hybridized carbons (Fsp3) is 0.188. The lowest BCUT2D eigenvalue weighted by molar-refractivity contribution is 0.0943. The molecule has 1 aromatic carbocycles. The third kappa shape index (κ3) is 3.06. The Morgan fingerprint density at radius 3 is 2.77 bits per heavy atom. The maximum atomic E-state index is 12.0. The van der Waals surface area contributed by atoms with Crippen LogP contribution in [0.5, 0.6) is 0 Å². The Bertz CT molecular complexity index is 745. The summed E-state index contributed by atoms with van der Waals surface area (Å²) in [5, 5.41) is 10.6. The molecule has 1 N–H and O–H groups in total. The quantitative estimate of drug-likeness (QED) is 0.784. The van der Waals surface area contributed by atoms with E-state index < -0.39 is 0 Å². The number of rotatable bonds is 5. The Hall–Kier alpha value is -2.89. The molecule has 22 heavy (non-hydrogen) atoms. The molecule has 0 aliphatic carbocycles. The molecular weight excluding hydrogens is 280 g/mol. The van der Waals surface area contributed by atoms with E-state index >= 15 is 0 Å². The lowest BCUT2D eigenvalue weighted by Crippen LogP contribution is -2.22. The van der Waals surface area contributed by atoms with Gasteiger partial charge in [-0.15, -0.1) is 5.10 Å². The summed E-state index contributed by atoms with van der Waals surface area (Å²) in [4.78, 5) is 12.0. The summed E-state index contributed by atoms with van der Waals surface area (Å²) >= 11 is 0. The third-order valence-electron chi connectivity index (χ3n) is 3.34. The van der Waals surface area contributed by atoms with Crippen molar-refractivity contribution in [2.75, 3.05) is 0 Å². The predicted molar refractivity (Wildman–Crippen MR) is 80.6 cm³/mol. The number of carbonyl (C=O) groups excluding carboxylic acids is 1. The van der Waals surface area contributed by atoms with Crippen LogP contribution in [0.1, 0.15) is 28.7 Å². The molecule has 0 saturated heterocycles. The summed E-state index contributed by atoms with van der Waals surface area (Å²) in [6, 6.07) is 11.6. The molecule has 2 heterocycles. The van der Waals surface area contributed by atoms with Crippen LogP contribution in [0.2, 0.25) is 0 Å². The topological polar surface area (TPSA) is 73.0 Å². The van der Waals surface area contributed by atoms with E-state index in [1.807, 2.05) is 24.3 Å². The number of benzene rings is 1. The van der Waals surface area contributed by atoms with Crippen LogP contribution in [0.4, 0.5) is 0 Å². The Labute approximate surface area is 127 Å². The van der Waals surface area contributed by atoms with Gasteiger partial charge in [0.15, 0.2) is 5.69 Å². The van der Waals surface area contributed by atoms with Gasteiger partial charge < -0.3 is 9.73 Å². The molecular formula is C16H16N4O2. The van der Waals surface area contributed by atoms with Crippen LogP contribution in [-0.4, -0.2) is 20.9 Å². The average Bonchev–Trinajstić information content (AvgIpc) is 3.24. The lowest BCUT2D eigenvalue weighted by Gasteiger charge is -2.01. The maximum absolute atomic E-state index is 12.0. The second kappa shape index (κ2) is 6.26. The van der Waals surface area contributed by atoms with Gasteiger partial charge in [-0.2, -0.15) is 0 Å². The van der Waals surface area contributed by atoms with Crippen molar-refractivity contribution in [1.82, 2.24) is 20.3 Å². The molecule has 0 fully saturated rings. The largest absolute Gasteiger partial charge is 0.467 e. The maximum Gasteiger partial charge on any atom is 0.273 e. The van der Waals surface area contributed by atoms with Crippen LogP contribution in [-0.2, 0) is 13.0 Å². The average molecular weight is 296 g/mol. The first-order valence-electron chi connectivity index (χ1n) is 7.08. The van der Waals surface area contributed by atoms with E-state index in [9.17, 15) is 4.79 Å². The number of aromatic nitrogens is 3. The van der Waals surface area contributed by atoms with Crippen molar-refractivity contribution in [3.05, 3.63) is 65.9 Å². The smallest absolute Gasteiger partial charge is 0.273 e. The summed E-state index contributed by atoms with van der Waals surface area (Å²) in [6.07, 6.45) is 4.16. The van der Waals surface area contributed by atoms with Crippen LogP contribution in [0.15, 0.2) is 53.3 Å². The van der Waals surface area contributed by atoms with Crippen molar-refractivity contribution >= 4 is 5.91 Å². The van der Waals surface area contributed by atoms with Crippen molar-refractivity contribution in [3.8, 4) is 5.69 Å². The number of nitrogens with one attached hydrogen (secondary N) is 1. The fourth-order valence-electron chi connectivity index (χ4n) is 2.05. The van der Waals surface area contributed by atoms with Crippen molar-refractivity contribution in [2.45, 2.75) is 19.9 Å². The van der Waals surface area contributed by atoms with Crippen LogP contribution < -0.4 is 5.32 Å². The third-order valence-corrected chi connectivity index (χ3v) is 3.34. The number of nitrogens with zero attached hydrogens (tertiary/aromatic N) is 3. The molecule has 6 heteroatoms. The highest BCUT2D eigenvalue weighted by molar-refractivity contribution is 5.91. The Balaban J connectivity index is 1.68. The second-order valence-electron chi connectivity index (χ2n) is 4.83. The molecule has 2 aromatic heterocycles. The first-order valence-corrected chi connectivity index (χ1v) is 7.08. The number of carbonyl (C=O) groups is 1. The number of aryl methyl sites for hydroxylation is 1.